The summed E-state index contributed by atoms with van der Waals surface area (Å²) in [5.41, 5.74) is 0. The molecular formula is C77H146O17P2. The molecule has 0 rings (SSSR count). The molecule has 0 bridgehead atoms. The molecule has 0 saturated carbocycles. The van der Waals surface area contributed by atoms with E-state index in [2.05, 4.69) is 58.9 Å². The second kappa shape index (κ2) is 69.6. The van der Waals surface area contributed by atoms with Gasteiger partial charge in [0.05, 0.1) is 26.4 Å². The van der Waals surface area contributed by atoms with E-state index < -0.39 is 97.5 Å². The Balaban J connectivity index is 5.20. The topological polar surface area (TPSA) is 237 Å². The van der Waals surface area contributed by atoms with Gasteiger partial charge in [0, 0.05) is 25.7 Å². The first-order valence-electron chi connectivity index (χ1n) is 39.5. The molecule has 17 nitrogen and oxygen atoms in total. The van der Waals surface area contributed by atoms with Crippen molar-refractivity contribution < 1.29 is 80.2 Å². The molecule has 0 heterocycles. The molecule has 0 fully saturated rings. The van der Waals surface area contributed by atoms with Gasteiger partial charge in [0.25, 0.3) is 0 Å². The molecule has 0 amide bonds. The highest BCUT2D eigenvalue weighted by molar-refractivity contribution is 7.47. The highest BCUT2D eigenvalue weighted by Crippen LogP contribution is 2.45. The monoisotopic (exact) mass is 1410 g/mol. The zero-order valence-corrected chi connectivity index (χ0v) is 63.8. The van der Waals surface area contributed by atoms with Crippen LogP contribution in [0.15, 0.2) is 24.3 Å². The van der Waals surface area contributed by atoms with Gasteiger partial charge < -0.3 is 33.8 Å². The zero-order chi connectivity index (χ0) is 70.5. The number of phosphoric acid groups is 2. The highest BCUT2D eigenvalue weighted by atomic mass is 31.2. The van der Waals surface area contributed by atoms with Crippen LogP contribution in [0.1, 0.15) is 381 Å². The van der Waals surface area contributed by atoms with Crippen molar-refractivity contribution in [2.75, 3.05) is 39.6 Å². The Morgan fingerprint density at radius 3 is 0.854 bits per heavy atom. The molecule has 0 aliphatic heterocycles. The van der Waals surface area contributed by atoms with Crippen LogP contribution in [-0.2, 0) is 65.4 Å². The van der Waals surface area contributed by atoms with Crippen LogP contribution in [0, 0.1) is 5.92 Å². The minimum atomic E-state index is -4.96. The number of carbonyl (C=O) groups excluding carboxylic acids is 4. The van der Waals surface area contributed by atoms with E-state index in [1.807, 2.05) is 0 Å². The molecule has 19 heteroatoms. The fourth-order valence-electron chi connectivity index (χ4n) is 11.3. The fraction of sp³-hybridized carbons (Fsp3) is 0.896. The van der Waals surface area contributed by atoms with Gasteiger partial charge in [0.1, 0.15) is 19.3 Å². The third-order valence-electron chi connectivity index (χ3n) is 17.4. The number of unbranched alkanes of at least 4 members (excludes halogenated alkanes) is 44. The predicted molar refractivity (Wildman–Crippen MR) is 391 cm³/mol. The van der Waals surface area contributed by atoms with Gasteiger partial charge in [-0.15, -0.1) is 0 Å². The molecule has 0 aromatic carbocycles. The maximum absolute atomic E-state index is 13.1. The van der Waals surface area contributed by atoms with E-state index in [1.165, 1.54) is 180 Å². The molecule has 0 saturated heterocycles. The first-order valence-corrected chi connectivity index (χ1v) is 42.4. The molecular weight excluding hydrogens is 1260 g/mol. The molecule has 0 radical (unpaired) electrons. The van der Waals surface area contributed by atoms with Crippen LogP contribution >= 0.6 is 15.6 Å². The average Bonchev–Trinajstić information content (AvgIpc) is 1.79. The molecule has 3 N–H and O–H groups in total. The number of ether oxygens (including phenoxy) is 4. The standard InChI is InChI=1S/C77H146O17P2/c1-6-9-12-15-18-21-24-26-28-29-30-31-32-33-34-36-38-40-43-46-53-58-63-77(82)93-72(66-87-74(79)60-55-50-44-42-39-37-35-27-25-22-19-16-13-10-7-2)68-91-95(83,84)89-64-71(78)65-90-96(85,86)92-69-73(67-88-75(80)61-56-51-48-47-49-54-59-70(4)5)94-76(81)62-57-52-45-41-23-20-17-14-11-8-3/h22,25,27,35,70-73,78H,6-21,23-24,26,28-34,36-69H2,1-5H3,(H,83,84)(H,85,86)/b25-22-,35-27-/t71-,72-,73-/m1/s1. The Bertz CT molecular complexity index is 1930. The number of rotatable bonds is 75. The zero-order valence-electron chi connectivity index (χ0n) is 62.0. The van der Waals surface area contributed by atoms with E-state index in [1.54, 1.807) is 0 Å². The van der Waals surface area contributed by atoms with Crippen molar-refractivity contribution in [1.82, 2.24) is 0 Å². The van der Waals surface area contributed by atoms with Crippen molar-refractivity contribution in [3.63, 3.8) is 0 Å². The van der Waals surface area contributed by atoms with Gasteiger partial charge in [-0.2, -0.15) is 0 Å². The van der Waals surface area contributed by atoms with Crippen LogP contribution in [0.4, 0.5) is 0 Å². The molecule has 0 aromatic rings. The summed E-state index contributed by atoms with van der Waals surface area (Å²) in [7, 11) is -9.92. The Kier molecular flexibility index (Phi) is 67.8. The van der Waals surface area contributed by atoms with E-state index in [9.17, 15) is 43.2 Å². The van der Waals surface area contributed by atoms with Gasteiger partial charge in [-0.3, -0.25) is 37.3 Å². The second-order valence-electron chi connectivity index (χ2n) is 27.5. The van der Waals surface area contributed by atoms with Gasteiger partial charge in [0.15, 0.2) is 12.2 Å². The van der Waals surface area contributed by atoms with Crippen LogP contribution in [0.25, 0.3) is 0 Å². The van der Waals surface area contributed by atoms with Crippen LogP contribution in [0.5, 0.6) is 0 Å². The summed E-state index contributed by atoms with van der Waals surface area (Å²) in [4.78, 5) is 72.7. The number of esters is 4. The van der Waals surface area contributed by atoms with Crippen molar-refractivity contribution in [3.8, 4) is 0 Å². The lowest BCUT2D eigenvalue weighted by molar-refractivity contribution is -0.161. The largest absolute Gasteiger partial charge is 0.472 e. The maximum Gasteiger partial charge on any atom is 0.472 e. The summed E-state index contributed by atoms with van der Waals surface area (Å²) in [5.74, 6) is -1.47. The maximum atomic E-state index is 13.1. The average molecular weight is 1410 g/mol. The van der Waals surface area contributed by atoms with Crippen molar-refractivity contribution in [3.05, 3.63) is 24.3 Å². The minimum Gasteiger partial charge on any atom is -0.462 e. The Hall–Kier alpha value is -2.46. The van der Waals surface area contributed by atoms with E-state index in [0.717, 1.165) is 116 Å². The van der Waals surface area contributed by atoms with Crippen molar-refractivity contribution in [2.24, 2.45) is 5.92 Å². The smallest absolute Gasteiger partial charge is 0.462 e. The lowest BCUT2D eigenvalue weighted by atomic mass is 10.0. The molecule has 0 aliphatic rings. The summed E-state index contributed by atoms with van der Waals surface area (Å²) in [6.45, 7) is 7.12. The second-order valence-corrected chi connectivity index (χ2v) is 30.4. The predicted octanol–water partition coefficient (Wildman–Crippen LogP) is 22.4. The molecule has 96 heavy (non-hydrogen) atoms. The van der Waals surface area contributed by atoms with E-state index in [4.69, 9.17) is 37.0 Å². The van der Waals surface area contributed by atoms with E-state index >= 15 is 0 Å². The molecule has 0 spiro atoms. The summed E-state index contributed by atoms with van der Waals surface area (Å²) < 4.78 is 68.4. The Morgan fingerprint density at radius 1 is 0.323 bits per heavy atom. The lowest BCUT2D eigenvalue weighted by Crippen LogP contribution is -2.30. The Morgan fingerprint density at radius 2 is 0.562 bits per heavy atom. The SMILES string of the molecule is CCCCCC/C=C\C=C/CCCCCCCC(=O)OC[C@H](COP(=O)(O)OC[C@@H](O)COP(=O)(O)OC[C@@H](COC(=O)CCCCCCCCC(C)C)OC(=O)CCCCCCCCCCCC)OC(=O)CCCCCCCCCCCCCCCCCCCCCCCC. The number of allylic oxidation sites excluding steroid dienone is 4. The quantitative estimate of drug-likeness (QED) is 0.0169. The van der Waals surface area contributed by atoms with Crippen molar-refractivity contribution in [2.45, 2.75) is 400 Å². The number of aliphatic hydroxyl groups excluding tert-OH is 1. The third-order valence-corrected chi connectivity index (χ3v) is 19.3. The Labute approximate surface area is 586 Å². The van der Waals surface area contributed by atoms with Gasteiger partial charge in [-0.25, -0.2) is 9.13 Å². The van der Waals surface area contributed by atoms with Crippen LogP contribution in [0.2, 0.25) is 0 Å². The summed E-state index contributed by atoms with van der Waals surface area (Å²) in [6, 6.07) is 0. The first-order chi connectivity index (χ1) is 46.5. The third kappa shape index (κ3) is 70.0. The van der Waals surface area contributed by atoms with E-state index in [0.29, 0.717) is 31.6 Å². The number of hydrogen-bond donors (Lipinski definition) is 3. The molecule has 5 atom stereocenters. The minimum absolute atomic E-state index is 0.102. The normalized spacial score (nSPS) is 14.1. The molecule has 2 unspecified atom stereocenters. The van der Waals surface area contributed by atoms with Gasteiger partial charge in [-0.05, 0) is 57.3 Å². The molecule has 0 aliphatic carbocycles. The van der Waals surface area contributed by atoms with Gasteiger partial charge in [0.2, 0.25) is 0 Å². The van der Waals surface area contributed by atoms with Gasteiger partial charge >= 0.3 is 39.5 Å². The first kappa shape index (κ1) is 93.5. The van der Waals surface area contributed by atoms with Crippen LogP contribution in [-0.4, -0.2) is 96.7 Å². The summed E-state index contributed by atoms with van der Waals surface area (Å²) >= 11 is 0. The fourth-order valence-corrected chi connectivity index (χ4v) is 12.9. The lowest BCUT2D eigenvalue weighted by Gasteiger charge is -2.21. The van der Waals surface area contributed by atoms with Crippen LogP contribution < -0.4 is 0 Å². The van der Waals surface area contributed by atoms with Crippen molar-refractivity contribution >= 4 is 39.5 Å². The number of aliphatic hydroxyl groups is 1. The van der Waals surface area contributed by atoms with Crippen LogP contribution in [0.3, 0.4) is 0 Å². The number of hydrogen-bond acceptors (Lipinski definition) is 15. The number of carbonyl (C=O) groups is 4. The van der Waals surface area contributed by atoms with Crippen molar-refractivity contribution in [1.29, 1.82) is 0 Å². The molecule has 566 valence electrons. The molecule has 0 aromatic heterocycles. The van der Waals surface area contributed by atoms with E-state index in [-0.39, 0.29) is 25.7 Å². The number of phosphoric ester groups is 2. The highest BCUT2D eigenvalue weighted by Gasteiger charge is 2.30. The summed E-state index contributed by atoms with van der Waals surface area (Å²) in [5, 5.41) is 10.6. The van der Waals surface area contributed by atoms with Gasteiger partial charge in [-0.1, -0.05) is 329 Å². The summed E-state index contributed by atoms with van der Waals surface area (Å²) in [6.07, 6.45) is 62.2.